The average molecular weight is 297 g/mol. The lowest BCUT2D eigenvalue weighted by Gasteiger charge is -2.03. The summed E-state index contributed by atoms with van der Waals surface area (Å²) in [5, 5.41) is 0. The van der Waals surface area contributed by atoms with Gasteiger partial charge in [0.2, 0.25) is 0 Å². The maximum absolute atomic E-state index is 5.66. The van der Waals surface area contributed by atoms with Crippen LogP contribution in [0.4, 0.5) is 0 Å². The summed E-state index contributed by atoms with van der Waals surface area (Å²) in [6.45, 7) is 2.28. The number of hydrogen-bond acceptors (Lipinski definition) is 2. The second-order valence-electron chi connectivity index (χ2n) is 6.44. The van der Waals surface area contributed by atoms with E-state index in [0.29, 0.717) is 0 Å². The van der Waals surface area contributed by atoms with Crippen molar-refractivity contribution in [3.63, 3.8) is 0 Å². The van der Waals surface area contributed by atoms with Crippen LogP contribution in [0.25, 0.3) is 0 Å². The van der Waals surface area contributed by atoms with Crippen LogP contribution in [0.5, 0.6) is 0 Å². The van der Waals surface area contributed by atoms with Gasteiger partial charge in [0.1, 0.15) is 0 Å². The molecular weight excluding hydrogens is 256 g/mol. The van der Waals surface area contributed by atoms with Gasteiger partial charge in [0, 0.05) is 11.9 Å². The van der Waals surface area contributed by atoms with Crippen molar-refractivity contribution in [2.24, 2.45) is 11.5 Å². The van der Waals surface area contributed by atoms with Gasteiger partial charge in [0.15, 0.2) is 0 Å². The summed E-state index contributed by atoms with van der Waals surface area (Å²) in [5.41, 5.74) is 11.8. The lowest BCUT2D eigenvalue weighted by Crippen LogP contribution is -2.00. The summed E-state index contributed by atoms with van der Waals surface area (Å²) < 4.78 is 0. The highest BCUT2D eigenvalue weighted by molar-refractivity contribution is 4.92. The average Bonchev–Trinajstić information content (AvgIpc) is 2.50. The molecule has 0 aliphatic carbocycles. The van der Waals surface area contributed by atoms with Crippen LogP contribution in [0.2, 0.25) is 0 Å². The predicted octanol–water partition coefficient (Wildman–Crippen LogP) is 6.01. The maximum atomic E-state index is 5.66. The van der Waals surface area contributed by atoms with E-state index in [4.69, 9.17) is 11.5 Å². The van der Waals surface area contributed by atoms with E-state index in [1.807, 2.05) is 0 Å². The standard InChI is InChI=1S/C19H40N2/c1-2-3-4-5-6-7-8-9-10-11-12-13-14-15-16-17-19(21)18-20/h18H,2-17,20-21H2,1H3/b19-18+. The van der Waals surface area contributed by atoms with Crippen LogP contribution in [0.15, 0.2) is 11.9 Å². The van der Waals surface area contributed by atoms with Crippen molar-refractivity contribution in [2.75, 3.05) is 0 Å². The minimum atomic E-state index is 0.838. The minimum absolute atomic E-state index is 0.838. The molecule has 126 valence electrons. The number of hydrogen-bond donors (Lipinski definition) is 2. The molecule has 0 rings (SSSR count). The van der Waals surface area contributed by atoms with E-state index >= 15 is 0 Å². The van der Waals surface area contributed by atoms with Gasteiger partial charge in [0.25, 0.3) is 0 Å². The third-order valence-corrected chi connectivity index (χ3v) is 4.28. The Morgan fingerprint density at radius 1 is 0.619 bits per heavy atom. The monoisotopic (exact) mass is 296 g/mol. The highest BCUT2D eigenvalue weighted by Gasteiger charge is 1.95. The van der Waals surface area contributed by atoms with Crippen LogP contribution < -0.4 is 11.5 Å². The Morgan fingerprint density at radius 2 is 0.952 bits per heavy atom. The molecule has 21 heavy (non-hydrogen) atoms. The fraction of sp³-hybridized carbons (Fsp3) is 0.895. The number of allylic oxidation sites excluding steroid dienone is 1. The van der Waals surface area contributed by atoms with Gasteiger partial charge in [-0.3, -0.25) is 0 Å². The molecule has 0 aromatic rings. The van der Waals surface area contributed by atoms with E-state index in [-0.39, 0.29) is 0 Å². The molecule has 0 atom stereocenters. The Hall–Kier alpha value is -0.660. The molecule has 0 amide bonds. The van der Waals surface area contributed by atoms with Crippen LogP contribution in [0.3, 0.4) is 0 Å². The summed E-state index contributed by atoms with van der Waals surface area (Å²) in [6.07, 6.45) is 23.5. The Labute approximate surface area is 133 Å². The van der Waals surface area contributed by atoms with Crippen molar-refractivity contribution in [1.82, 2.24) is 0 Å². The van der Waals surface area contributed by atoms with Crippen LogP contribution in [0.1, 0.15) is 110 Å². The third kappa shape index (κ3) is 17.3. The van der Waals surface area contributed by atoms with Crippen molar-refractivity contribution in [3.05, 3.63) is 11.9 Å². The molecule has 0 aromatic heterocycles. The molecule has 0 fully saturated rings. The minimum Gasteiger partial charge on any atom is -0.403 e. The smallest absolute Gasteiger partial charge is 0.0238 e. The van der Waals surface area contributed by atoms with Crippen LogP contribution in [-0.2, 0) is 0 Å². The van der Waals surface area contributed by atoms with Gasteiger partial charge in [-0.05, 0) is 12.8 Å². The lowest BCUT2D eigenvalue weighted by molar-refractivity contribution is 0.532. The lowest BCUT2D eigenvalue weighted by atomic mass is 10.0. The van der Waals surface area contributed by atoms with Crippen LogP contribution >= 0.6 is 0 Å². The second kappa shape index (κ2) is 17.4. The first kappa shape index (κ1) is 20.3. The molecular formula is C19H40N2. The van der Waals surface area contributed by atoms with E-state index < -0.39 is 0 Å². The molecule has 0 unspecified atom stereocenters. The van der Waals surface area contributed by atoms with Gasteiger partial charge in [-0.2, -0.15) is 0 Å². The van der Waals surface area contributed by atoms with E-state index in [2.05, 4.69) is 6.92 Å². The summed E-state index contributed by atoms with van der Waals surface area (Å²) in [5.74, 6) is 0. The van der Waals surface area contributed by atoms with E-state index in [0.717, 1.165) is 12.1 Å². The number of nitrogens with two attached hydrogens (primary N) is 2. The molecule has 0 aliphatic rings. The molecule has 0 heterocycles. The van der Waals surface area contributed by atoms with Gasteiger partial charge in [-0.1, -0.05) is 96.8 Å². The molecule has 0 radical (unpaired) electrons. The summed E-state index contributed by atoms with van der Waals surface area (Å²) in [4.78, 5) is 0. The molecule has 0 saturated heterocycles. The van der Waals surface area contributed by atoms with Crippen molar-refractivity contribution >= 4 is 0 Å². The van der Waals surface area contributed by atoms with Crippen molar-refractivity contribution in [1.29, 1.82) is 0 Å². The molecule has 0 aromatic carbocycles. The molecule has 2 heteroatoms. The molecule has 2 nitrogen and oxygen atoms in total. The topological polar surface area (TPSA) is 52.0 Å². The van der Waals surface area contributed by atoms with Gasteiger partial charge in [-0.15, -0.1) is 0 Å². The van der Waals surface area contributed by atoms with Crippen LogP contribution in [-0.4, -0.2) is 0 Å². The maximum Gasteiger partial charge on any atom is 0.0238 e. The van der Waals surface area contributed by atoms with Crippen molar-refractivity contribution < 1.29 is 0 Å². The number of unbranched alkanes of at least 4 members (excludes halogenated alkanes) is 14. The van der Waals surface area contributed by atoms with Crippen LogP contribution in [0, 0.1) is 0 Å². The summed E-state index contributed by atoms with van der Waals surface area (Å²) in [6, 6.07) is 0. The summed E-state index contributed by atoms with van der Waals surface area (Å²) >= 11 is 0. The fourth-order valence-corrected chi connectivity index (χ4v) is 2.78. The fourth-order valence-electron chi connectivity index (χ4n) is 2.78. The Morgan fingerprint density at radius 3 is 1.29 bits per heavy atom. The Balaban J connectivity index is 2.99. The molecule has 0 bridgehead atoms. The normalized spacial score (nSPS) is 12.0. The first-order chi connectivity index (χ1) is 10.3. The van der Waals surface area contributed by atoms with Gasteiger partial charge in [0.05, 0.1) is 0 Å². The molecule has 0 aliphatic heterocycles. The quantitative estimate of drug-likeness (QED) is 0.343. The zero-order valence-corrected chi connectivity index (χ0v) is 14.5. The highest BCUT2D eigenvalue weighted by atomic mass is 14.6. The van der Waals surface area contributed by atoms with E-state index in [1.54, 1.807) is 0 Å². The number of rotatable bonds is 16. The van der Waals surface area contributed by atoms with E-state index in [9.17, 15) is 0 Å². The molecule has 0 spiro atoms. The first-order valence-corrected chi connectivity index (χ1v) is 9.47. The molecule has 4 N–H and O–H groups in total. The Bertz CT molecular complexity index is 224. The third-order valence-electron chi connectivity index (χ3n) is 4.28. The summed E-state index contributed by atoms with van der Waals surface area (Å²) in [7, 11) is 0. The zero-order valence-electron chi connectivity index (χ0n) is 14.5. The molecule has 0 saturated carbocycles. The van der Waals surface area contributed by atoms with Crippen molar-refractivity contribution in [3.8, 4) is 0 Å². The predicted molar refractivity (Wildman–Crippen MR) is 96.0 cm³/mol. The SMILES string of the molecule is CCCCCCCCCCCCCCCCC/C(N)=C\N. The van der Waals surface area contributed by atoms with E-state index in [1.165, 1.54) is 103 Å². The first-order valence-electron chi connectivity index (χ1n) is 9.47. The van der Waals surface area contributed by atoms with Gasteiger partial charge < -0.3 is 11.5 Å². The van der Waals surface area contributed by atoms with Crippen molar-refractivity contribution in [2.45, 2.75) is 110 Å². The van der Waals surface area contributed by atoms with Gasteiger partial charge in [-0.25, -0.2) is 0 Å². The largest absolute Gasteiger partial charge is 0.403 e. The highest BCUT2D eigenvalue weighted by Crippen LogP contribution is 2.13. The second-order valence-corrected chi connectivity index (χ2v) is 6.44. The van der Waals surface area contributed by atoms with Gasteiger partial charge >= 0.3 is 0 Å². The zero-order chi connectivity index (χ0) is 15.6. The Kier molecular flexibility index (Phi) is 16.8.